The molecule has 98 valence electrons. The molecule has 0 radical (unpaired) electrons. The van der Waals surface area contributed by atoms with Crippen LogP contribution in [0.4, 0.5) is 11.5 Å². The molecule has 2 aromatic heterocycles. The zero-order valence-electron chi connectivity index (χ0n) is 10.6. The summed E-state index contributed by atoms with van der Waals surface area (Å²) in [4.78, 5) is 15.5. The molecule has 6 nitrogen and oxygen atoms in total. The van der Waals surface area contributed by atoms with Gasteiger partial charge in [-0.05, 0) is 24.3 Å². The number of hydrogen-bond donors (Lipinski definition) is 1. The van der Waals surface area contributed by atoms with E-state index in [9.17, 15) is 4.79 Å². The van der Waals surface area contributed by atoms with Crippen molar-refractivity contribution < 1.29 is 4.42 Å². The highest BCUT2D eigenvalue weighted by molar-refractivity contribution is 5.78. The third kappa shape index (κ3) is 2.01. The van der Waals surface area contributed by atoms with Crippen molar-refractivity contribution in [3.63, 3.8) is 0 Å². The van der Waals surface area contributed by atoms with Gasteiger partial charge in [0.1, 0.15) is 17.6 Å². The van der Waals surface area contributed by atoms with Crippen LogP contribution in [0.1, 0.15) is 5.69 Å². The van der Waals surface area contributed by atoms with Gasteiger partial charge in [0.15, 0.2) is 5.58 Å². The zero-order chi connectivity index (χ0) is 14.1. The molecule has 0 amide bonds. The summed E-state index contributed by atoms with van der Waals surface area (Å²) in [6.07, 6.45) is 0. The average Bonchev–Trinajstić information content (AvgIpc) is 2.74. The Labute approximate surface area is 113 Å². The van der Waals surface area contributed by atoms with Crippen LogP contribution in [0.15, 0.2) is 45.6 Å². The van der Waals surface area contributed by atoms with E-state index in [0.717, 1.165) is 11.2 Å². The highest BCUT2D eigenvalue weighted by Gasteiger charge is 2.06. The summed E-state index contributed by atoms with van der Waals surface area (Å²) in [7, 11) is 1.65. The van der Waals surface area contributed by atoms with Gasteiger partial charge < -0.3 is 9.73 Å². The van der Waals surface area contributed by atoms with Crippen LogP contribution >= 0.6 is 0 Å². The molecule has 0 aliphatic carbocycles. The van der Waals surface area contributed by atoms with Crippen LogP contribution in [0.3, 0.4) is 0 Å². The number of hydrogen-bond acceptors (Lipinski definition) is 5. The van der Waals surface area contributed by atoms with Crippen molar-refractivity contribution in [2.45, 2.75) is 0 Å². The standard InChI is InChI=1S/C14H10N4O2/c1-18-11-6-5-9(7-12(11)20-14(18)19)16-13-4-2-3-10(8-15)17-13/h2-7H,1H3,(H,16,17). The largest absolute Gasteiger partial charge is 0.419 e. The molecule has 0 aliphatic heterocycles. The first-order valence-corrected chi connectivity index (χ1v) is 5.91. The maximum Gasteiger partial charge on any atom is 0.419 e. The van der Waals surface area contributed by atoms with E-state index in [1.54, 1.807) is 37.4 Å². The Balaban J connectivity index is 1.98. The molecular weight excluding hydrogens is 256 g/mol. The molecule has 0 aliphatic rings. The van der Waals surface area contributed by atoms with E-state index in [4.69, 9.17) is 9.68 Å². The van der Waals surface area contributed by atoms with E-state index in [1.807, 2.05) is 12.1 Å². The van der Waals surface area contributed by atoms with Crippen molar-refractivity contribution in [3.8, 4) is 6.07 Å². The van der Waals surface area contributed by atoms with Crippen molar-refractivity contribution >= 4 is 22.6 Å². The van der Waals surface area contributed by atoms with Crippen molar-refractivity contribution in [2.24, 2.45) is 7.05 Å². The van der Waals surface area contributed by atoms with Gasteiger partial charge in [0, 0.05) is 18.8 Å². The lowest BCUT2D eigenvalue weighted by Crippen LogP contribution is -2.08. The lowest BCUT2D eigenvalue weighted by Gasteiger charge is -2.05. The first-order valence-electron chi connectivity index (χ1n) is 5.91. The average molecular weight is 266 g/mol. The summed E-state index contributed by atoms with van der Waals surface area (Å²) in [6, 6.07) is 12.4. The minimum atomic E-state index is -0.401. The highest BCUT2D eigenvalue weighted by atomic mass is 16.4. The molecule has 0 saturated heterocycles. The molecule has 2 heterocycles. The molecule has 0 unspecified atom stereocenters. The third-order valence-electron chi connectivity index (χ3n) is 2.93. The summed E-state index contributed by atoms with van der Waals surface area (Å²) in [5.74, 6) is 0.156. The van der Waals surface area contributed by atoms with Gasteiger partial charge in [-0.2, -0.15) is 5.26 Å². The molecule has 6 heteroatoms. The summed E-state index contributed by atoms with van der Waals surface area (Å²) in [6.45, 7) is 0. The number of pyridine rings is 1. The molecule has 3 rings (SSSR count). The smallest absolute Gasteiger partial charge is 0.408 e. The van der Waals surface area contributed by atoms with Crippen molar-refractivity contribution in [3.05, 3.63) is 52.6 Å². The van der Waals surface area contributed by atoms with Crippen LogP contribution in [-0.4, -0.2) is 9.55 Å². The molecule has 0 fully saturated rings. The van der Waals surface area contributed by atoms with Gasteiger partial charge in [0.25, 0.3) is 0 Å². The van der Waals surface area contributed by atoms with Crippen LogP contribution in [0.2, 0.25) is 0 Å². The Morgan fingerprint density at radius 2 is 2.20 bits per heavy atom. The van der Waals surface area contributed by atoms with Gasteiger partial charge in [-0.1, -0.05) is 6.07 Å². The molecule has 0 spiro atoms. The maximum absolute atomic E-state index is 11.4. The monoisotopic (exact) mass is 266 g/mol. The van der Waals surface area contributed by atoms with E-state index in [-0.39, 0.29) is 0 Å². The summed E-state index contributed by atoms with van der Waals surface area (Å²) >= 11 is 0. The van der Waals surface area contributed by atoms with E-state index in [2.05, 4.69) is 10.3 Å². The maximum atomic E-state index is 11.4. The first kappa shape index (κ1) is 12.0. The molecule has 1 aromatic carbocycles. The van der Waals surface area contributed by atoms with Gasteiger partial charge in [0.05, 0.1) is 5.52 Å². The predicted octanol–water partition coefficient (Wildman–Crippen LogP) is 2.14. The topological polar surface area (TPSA) is 83.9 Å². The van der Waals surface area contributed by atoms with Crippen LogP contribution in [-0.2, 0) is 7.05 Å². The normalized spacial score (nSPS) is 10.4. The van der Waals surface area contributed by atoms with Gasteiger partial charge in [0.2, 0.25) is 0 Å². The molecule has 3 aromatic rings. The van der Waals surface area contributed by atoms with E-state index < -0.39 is 5.76 Å². The van der Waals surface area contributed by atoms with Gasteiger partial charge >= 0.3 is 5.76 Å². The molecular formula is C14H10N4O2. The number of nitrogens with one attached hydrogen (secondary N) is 1. The number of anilines is 2. The molecule has 0 bridgehead atoms. The summed E-state index contributed by atoms with van der Waals surface area (Å²) < 4.78 is 6.55. The number of nitrogens with zero attached hydrogens (tertiary/aromatic N) is 3. The molecule has 20 heavy (non-hydrogen) atoms. The molecule has 0 saturated carbocycles. The van der Waals surface area contributed by atoms with Gasteiger partial charge in [-0.3, -0.25) is 4.57 Å². The third-order valence-corrected chi connectivity index (χ3v) is 2.93. The van der Waals surface area contributed by atoms with Crippen molar-refractivity contribution in [2.75, 3.05) is 5.32 Å². The van der Waals surface area contributed by atoms with Gasteiger partial charge in [-0.25, -0.2) is 9.78 Å². The van der Waals surface area contributed by atoms with Crippen LogP contribution in [0.25, 0.3) is 11.1 Å². The number of benzene rings is 1. The predicted molar refractivity (Wildman–Crippen MR) is 73.7 cm³/mol. The minimum absolute atomic E-state index is 0.335. The summed E-state index contributed by atoms with van der Waals surface area (Å²) in [5.41, 5.74) is 2.29. The van der Waals surface area contributed by atoms with Crippen LogP contribution in [0, 0.1) is 11.3 Å². The van der Waals surface area contributed by atoms with E-state index in [0.29, 0.717) is 17.1 Å². The second-order valence-corrected chi connectivity index (χ2v) is 4.25. The lowest BCUT2D eigenvalue weighted by molar-refractivity contribution is 0.528. The second-order valence-electron chi connectivity index (χ2n) is 4.25. The highest BCUT2D eigenvalue weighted by Crippen LogP contribution is 2.20. The summed E-state index contributed by atoms with van der Waals surface area (Å²) in [5, 5.41) is 11.9. The van der Waals surface area contributed by atoms with Crippen LogP contribution < -0.4 is 11.1 Å². The Hall–Kier alpha value is -3.07. The van der Waals surface area contributed by atoms with Gasteiger partial charge in [-0.15, -0.1) is 0 Å². The number of rotatable bonds is 2. The Kier molecular flexibility index (Phi) is 2.73. The lowest BCUT2D eigenvalue weighted by atomic mass is 10.2. The first-order chi connectivity index (χ1) is 9.67. The van der Waals surface area contributed by atoms with E-state index in [1.165, 1.54) is 4.57 Å². The van der Waals surface area contributed by atoms with E-state index >= 15 is 0 Å². The number of nitriles is 1. The quantitative estimate of drug-likeness (QED) is 0.768. The minimum Gasteiger partial charge on any atom is -0.408 e. The number of aromatic nitrogens is 2. The fourth-order valence-corrected chi connectivity index (χ4v) is 1.93. The molecule has 0 atom stereocenters. The number of fused-ring (bicyclic) bond motifs is 1. The van der Waals surface area contributed by atoms with Crippen molar-refractivity contribution in [1.82, 2.24) is 9.55 Å². The Morgan fingerprint density at radius 1 is 1.35 bits per heavy atom. The Bertz CT molecular complexity index is 886. The SMILES string of the molecule is Cn1c(=O)oc2cc(Nc3cccc(C#N)n3)ccc21. The Morgan fingerprint density at radius 3 is 3.00 bits per heavy atom. The number of aryl methyl sites for hydroxylation is 1. The fraction of sp³-hybridized carbons (Fsp3) is 0.0714. The second kappa shape index (κ2) is 4.55. The molecule has 1 N–H and O–H groups in total. The zero-order valence-corrected chi connectivity index (χ0v) is 10.6. The van der Waals surface area contributed by atoms with Crippen molar-refractivity contribution in [1.29, 1.82) is 5.26 Å². The fourth-order valence-electron chi connectivity index (χ4n) is 1.93. The number of oxazole rings is 1. The van der Waals surface area contributed by atoms with Crippen LogP contribution in [0.5, 0.6) is 0 Å².